The number of aliphatic hydroxyl groups excluding tert-OH is 2. The molecule has 1 aliphatic carbocycles. The Morgan fingerprint density at radius 3 is 2.79 bits per heavy atom. The van der Waals surface area contributed by atoms with Crippen molar-refractivity contribution in [3.63, 3.8) is 0 Å². The molecule has 1 saturated heterocycles. The lowest BCUT2D eigenvalue weighted by Gasteiger charge is -2.27. The van der Waals surface area contributed by atoms with E-state index in [0.29, 0.717) is 35.3 Å². The van der Waals surface area contributed by atoms with Gasteiger partial charge in [-0.2, -0.15) is 0 Å². The van der Waals surface area contributed by atoms with Crippen LogP contribution >= 0.6 is 39.1 Å². The summed E-state index contributed by atoms with van der Waals surface area (Å²) in [4.78, 5) is 12.9. The number of hydrogen-bond acceptors (Lipinski definition) is 6. The summed E-state index contributed by atoms with van der Waals surface area (Å²) >= 11 is 15.8. The number of benzene rings is 1. The van der Waals surface area contributed by atoms with E-state index in [1.807, 2.05) is 35.0 Å². The van der Waals surface area contributed by atoms with E-state index in [-0.39, 0.29) is 12.1 Å². The van der Waals surface area contributed by atoms with Crippen molar-refractivity contribution >= 4 is 61.1 Å². The summed E-state index contributed by atoms with van der Waals surface area (Å²) in [7, 11) is 0. The van der Waals surface area contributed by atoms with Gasteiger partial charge >= 0.3 is 0 Å². The molecule has 1 saturated carbocycles. The van der Waals surface area contributed by atoms with E-state index in [9.17, 15) is 10.2 Å². The third-order valence-electron chi connectivity index (χ3n) is 7.24. The van der Waals surface area contributed by atoms with E-state index in [1.165, 1.54) is 6.33 Å². The predicted octanol–water partition coefficient (Wildman–Crippen LogP) is 4.44. The van der Waals surface area contributed by atoms with Gasteiger partial charge in [-0.25, -0.2) is 15.0 Å². The fourth-order valence-corrected chi connectivity index (χ4v) is 6.22. The van der Waals surface area contributed by atoms with Crippen LogP contribution in [0.25, 0.3) is 21.9 Å². The van der Waals surface area contributed by atoms with Crippen LogP contribution in [-0.4, -0.2) is 48.5 Å². The zero-order valence-electron chi connectivity index (χ0n) is 17.3. The maximum Gasteiger partial charge on any atom is 0.145 e. The minimum absolute atomic E-state index is 0.0393. The normalized spacial score (nSPS) is 29.6. The van der Waals surface area contributed by atoms with E-state index >= 15 is 0 Å². The first kappa shape index (κ1) is 21.7. The van der Waals surface area contributed by atoms with Crippen LogP contribution in [0.1, 0.15) is 30.5 Å². The SMILES string of the molecule is O[C@H]1[C@H](n2ccc3c(Cl)ncnc32)C[C@@]2(CNC(c3ccc4cc(Br)c(Cl)nc4c3)C2)[C@H]1O. The van der Waals surface area contributed by atoms with E-state index < -0.39 is 17.6 Å². The van der Waals surface area contributed by atoms with Crippen molar-refractivity contribution in [1.82, 2.24) is 24.8 Å². The van der Waals surface area contributed by atoms with Gasteiger partial charge in [0.05, 0.1) is 27.5 Å². The predicted molar refractivity (Wildman–Crippen MR) is 130 cm³/mol. The van der Waals surface area contributed by atoms with Gasteiger partial charge in [-0.05, 0) is 52.5 Å². The summed E-state index contributed by atoms with van der Waals surface area (Å²) in [6.45, 7) is 0.605. The fraction of sp³-hybridized carbons (Fsp3) is 0.348. The standard InChI is InChI=1S/C23H20BrCl2N5O2/c24-14-5-11-1-2-12(6-15(11)30-21(14)26)16-7-23(9-27-16)8-17(18(32)19(23)33)31-4-3-13-20(25)28-10-29-22(13)31/h1-6,10,16-19,27,32-33H,7-9H2/t16?,17-,18+,19+,23+/m1/s1. The largest absolute Gasteiger partial charge is 0.390 e. The lowest BCUT2D eigenvalue weighted by molar-refractivity contribution is -0.0218. The molecular formula is C23H20BrCl2N5O2. The highest BCUT2D eigenvalue weighted by Crippen LogP contribution is 2.52. The Balaban J connectivity index is 1.30. The van der Waals surface area contributed by atoms with Gasteiger partial charge in [0.25, 0.3) is 0 Å². The van der Waals surface area contributed by atoms with Gasteiger partial charge < -0.3 is 20.1 Å². The highest BCUT2D eigenvalue weighted by molar-refractivity contribution is 9.10. The van der Waals surface area contributed by atoms with Crippen molar-refractivity contribution in [2.45, 2.75) is 37.1 Å². The van der Waals surface area contributed by atoms with Crippen molar-refractivity contribution in [1.29, 1.82) is 0 Å². The number of halogens is 3. The average Bonchev–Trinajstić information content (AvgIpc) is 3.48. The van der Waals surface area contributed by atoms with E-state index in [1.54, 1.807) is 0 Å². The van der Waals surface area contributed by atoms with Crippen LogP contribution in [0.2, 0.25) is 10.3 Å². The van der Waals surface area contributed by atoms with Crippen LogP contribution in [0.15, 0.2) is 47.3 Å². The van der Waals surface area contributed by atoms with Gasteiger partial charge in [-0.1, -0.05) is 35.3 Å². The zero-order valence-corrected chi connectivity index (χ0v) is 20.4. The number of nitrogens with zero attached hydrogens (tertiary/aromatic N) is 4. The maximum absolute atomic E-state index is 11.2. The Kier molecular flexibility index (Phi) is 5.17. The summed E-state index contributed by atoms with van der Waals surface area (Å²) < 4.78 is 2.68. The minimum atomic E-state index is -0.913. The second-order valence-electron chi connectivity index (χ2n) is 9.04. The smallest absolute Gasteiger partial charge is 0.145 e. The van der Waals surface area contributed by atoms with Crippen LogP contribution in [0.3, 0.4) is 0 Å². The molecular weight excluding hydrogens is 529 g/mol. The molecule has 3 aromatic heterocycles. The van der Waals surface area contributed by atoms with Crippen LogP contribution in [0.5, 0.6) is 0 Å². The molecule has 1 unspecified atom stereocenters. The number of aromatic nitrogens is 4. The molecule has 6 rings (SSSR count). The van der Waals surface area contributed by atoms with E-state index in [0.717, 1.165) is 26.3 Å². The lowest BCUT2D eigenvalue weighted by atomic mass is 9.80. The quantitative estimate of drug-likeness (QED) is 0.253. The third kappa shape index (κ3) is 3.38. The van der Waals surface area contributed by atoms with Crippen LogP contribution < -0.4 is 5.32 Å². The molecule has 1 aromatic carbocycles. The van der Waals surface area contributed by atoms with Crippen molar-refractivity contribution in [2.75, 3.05) is 6.54 Å². The number of fused-ring (bicyclic) bond motifs is 2. The molecule has 33 heavy (non-hydrogen) atoms. The maximum atomic E-state index is 11.2. The summed E-state index contributed by atoms with van der Waals surface area (Å²) in [5.41, 5.74) is 2.11. The highest BCUT2D eigenvalue weighted by atomic mass is 79.9. The van der Waals surface area contributed by atoms with Crippen molar-refractivity contribution < 1.29 is 10.2 Å². The molecule has 0 amide bonds. The van der Waals surface area contributed by atoms with Gasteiger partial charge in [0.1, 0.15) is 28.4 Å². The number of pyridine rings is 1. The van der Waals surface area contributed by atoms with Gasteiger partial charge in [0, 0.05) is 29.6 Å². The van der Waals surface area contributed by atoms with Crippen molar-refractivity contribution in [3.05, 3.63) is 63.2 Å². The Hall–Kier alpha value is -1.81. The second kappa shape index (κ2) is 7.86. The Morgan fingerprint density at radius 2 is 1.94 bits per heavy atom. The molecule has 0 radical (unpaired) electrons. The zero-order chi connectivity index (χ0) is 22.9. The molecule has 4 heterocycles. The molecule has 170 valence electrons. The molecule has 10 heteroatoms. The molecule has 2 aliphatic rings. The summed E-state index contributed by atoms with van der Waals surface area (Å²) in [5.74, 6) is 0. The van der Waals surface area contributed by atoms with Crippen molar-refractivity contribution in [3.8, 4) is 0 Å². The lowest BCUT2D eigenvalue weighted by Crippen LogP contribution is -2.38. The number of rotatable bonds is 2. The second-order valence-corrected chi connectivity index (χ2v) is 10.6. The monoisotopic (exact) mass is 547 g/mol. The molecule has 1 aliphatic heterocycles. The first-order valence-electron chi connectivity index (χ1n) is 10.7. The summed E-state index contributed by atoms with van der Waals surface area (Å²) in [5, 5.41) is 28.3. The van der Waals surface area contributed by atoms with Crippen molar-refractivity contribution in [2.24, 2.45) is 5.41 Å². The minimum Gasteiger partial charge on any atom is -0.390 e. The first-order valence-corrected chi connectivity index (χ1v) is 12.2. The molecule has 2 fully saturated rings. The number of nitrogens with one attached hydrogen (secondary N) is 1. The molecule has 4 aromatic rings. The third-order valence-corrected chi connectivity index (χ3v) is 8.67. The van der Waals surface area contributed by atoms with Crippen LogP contribution in [0, 0.1) is 5.41 Å². The molecule has 3 N–H and O–H groups in total. The van der Waals surface area contributed by atoms with E-state index in [2.05, 4.69) is 42.3 Å². The van der Waals surface area contributed by atoms with Gasteiger partial charge in [-0.3, -0.25) is 0 Å². The fourth-order valence-electron chi connectivity index (χ4n) is 5.55. The number of hydrogen-bond donors (Lipinski definition) is 3. The van der Waals surface area contributed by atoms with Crippen LogP contribution in [-0.2, 0) is 0 Å². The summed E-state index contributed by atoms with van der Waals surface area (Å²) in [6.07, 6.45) is 2.83. The molecule has 1 spiro atoms. The van der Waals surface area contributed by atoms with Gasteiger partial charge in [0.2, 0.25) is 0 Å². The number of aliphatic hydroxyl groups is 2. The highest BCUT2D eigenvalue weighted by Gasteiger charge is 2.56. The molecule has 0 bridgehead atoms. The molecule has 7 nitrogen and oxygen atoms in total. The van der Waals surface area contributed by atoms with Gasteiger partial charge in [0.15, 0.2) is 0 Å². The Morgan fingerprint density at radius 1 is 1.09 bits per heavy atom. The van der Waals surface area contributed by atoms with Gasteiger partial charge in [-0.15, -0.1) is 0 Å². The van der Waals surface area contributed by atoms with Crippen LogP contribution in [0.4, 0.5) is 0 Å². The topological polar surface area (TPSA) is 96.1 Å². The average molecular weight is 549 g/mol. The summed E-state index contributed by atoms with van der Waals surface area (Å²) in [6, 6.07) is 9.69. The first-order chi connectivity index (χ1) is 15.9. The Bertz CT molecular complexity index is 1400. The van der Waals surface area contributed by atoms with E-state index in [4.69, 9.17) is 23.2 Å². The Labute approximate surface area is 207 Å². The molecule has 5 atom stereocenters.